The maximum Gasteiger partial charge on any atom is 0.285 e. The minimum Gasteiger partial charge on any atom is -0.277 e. The molecule has 4 rings (SSSR count). The molecule has 40 heavy (non-hydrogen) atoms. The van der Waals surface area contributed by atoms with Crippen molar-refractivity contribution in [2.24, 2.45) is 0 Å². The molecule has 0 aliphatic rings. The van der Waals surface area contributed by atoms with Crippen LogP contribution in [-0.4, -0.2) is 21.8 Å². The first-order valence-corrected chi connectivity index (χ1v) is 15.8. The summed E-state index contributed by atoms with van der Waals surface area (Å²) in [7, 11) is -8.40. The number of sulfonamides is 2. The second-order valence-corrected chi connectivity index (χ2v) is 13.7. The van der Waals surface area contributed by atoms with Gasteiger partial charge in [-0.25, -0.2) is 16.8 Å². The number of nitrogens with one attached hydrogen (secondary N) is 2. The van der Waals surface area contributed by atoms with Crippen LogP contribution in [0.2, 0.25) is 0 Å². The third kappa shape index (κ3) is 6.46. The van der Waals surface area contributed by atoms with Crippen molar-refractivity contribution in [2.45, 2.75) is 47.3 Å². The molecule has 0 bridgehead atoms. The fourth-order valence-electron chi connectivity index (χ4n) is 3.87. The highest BCUT2D eigenvalue weighted by atomic mass is 32.2. The van der Waals surface area contributed by atoms with E-state index in [2.05, 4.69) is 9.44 Å². The fourth-order valence-corrected chi connectivity index (χ4v) is 7.11. The SMILES string of the molecule is Cc1ccc(S(=O)(=O)Nc2cc(Sc3c(C)cccc3C)c([N+](=O)[O-])cc2NS(=O)(=O)c2ccc(C)cc2)cc1. The van der Waals surface area contributed by atoms with E-state index in [1.165, 1.54) is 30.3 Å². The highest BCUT2D eigenvalue weighted by Crippen LogP contribution is 2.43. The Kier molecular flexibility index (Phi) is 8.24. The normalized spacial score (nSPS) is 11.7. The number of nitro benzene ring substituents is 1. The number of benzene rings is 4. The van der Waals surface area contributed by atoms with Gasteiger partial charge in [0.1, 0.15) is 0 Å². The van der Waals surface area contributed by atoms with E-state index in [0.29, 0.717) is 0 Å². The molecular weight excluding hydrogens is 571 g/mol. The molecule has 12 heteroatoms. The number of nitro groups is 1. The molecule has 208 valence electrons. The van der Waals surface area contributed by atoms with Crippen molar-refractivity contribution in [3.63, 3.8) is 0 Å². The van der Waals surface area contributed by atoms with E-state index in [4.69, 9.17) is 0 Å². The summed E-state index contributed by atoms with van der Waals surface area (Å²) in [4.78, 5) is 12.3. The first kappa shape index (κ1) is 29.1. The molecule has 0 heterocycles. The van der Waals surface area contributed by atoms with Crippen molar-refractivity contribution in [2.75, 3.05) is 9.44 Å². The van der Waals surface area contributed by atoms with Crippen LogP contribution in [0.3, 0.4) is 0 Å². The van der Waals surface area contributed by atoms with E-state index < -0.39 is 25.0 Å². The molecule has 0 aliphatic heterocycles. The van der Waals surface area contributed by atoms with Crippen molar-refractivity contribution >= 4 is 48.9 Å². The molecule has 0 aromatic heterocycles. The van der Waals surface area contributed by atoms with Crippen LogP contribution in [0, 0.1) is 37.8 Å². The van der Waals surface area contributed by atoms with Gasteiger partial charge in [0.15, 0.2) is 0 Å². The number of hydrogen-bond donors (Lipinski definition) is 2. The molecule has 4 aromatic rings. The number of rotatable bonds is 9. The van der Waals surface area contributed by atoms with Crippen LogP contribution < -0.4 is 9.44 Å². The van der Waals surface area contributed by atoms with E-state index in [0.717, 1.165) is 45.0 Å². The van der Waals surface area contributed by atoms with Gasteiger partial charge >= 0.3 is 0 Å². The predicted octanol–water partition coefficient (Wildman–Crippen LogP) is 6.58. The lowest BCUT2D eigenvalue weighted by atomic mass is 10.2. The Balaban J connectivity index is 1.88. The van der Waals surface area contributed by atoms with Gasteiger partial charge in [-0.05, 0) is 69.2 Å². The fraction of sp³-hybridized carbons (Fsp3) is 0.143. The molecule has 0 saturated carbocycles. The average Bonchev–Trinajstić information content (AvgIpc) is 2.87. The Labute approximate surface area is 237 Å². The highest BCUT2D eigenvalue weighted by Gasteiger charge is 2.26. The summed E-state index contributed by atoms with van der Waals surface area (Å²) >= 11 is 1.10. The van der Waals surface area contributed by atoms with Crippen molar-refractivity contribution in [3.05, 3.63) is 111 Å². The van der Waals surface area contributed by atoms with E-state index in [9.17, 15) is 26.9 Å². The summed E-state index contributed by atoms with van der Waals surface area (Å²) in [6.45, 7) is 7.35. The Morgan fingerprint density at radius 3 is 1.52 bits per heavy atom. The number of hydrogen-bond acceptors (Lipinski definition) is 7. The maximum atomic E-state index is 13.3. The molecule has 2 N–H and O–H groups in total. The first-order valence-electron chi connectivity index (χ1n) is 12.0. The summed E-state index contributed by atoms with van der Waals surface area (Å²) in [6.07, 6.45) is 0. The second kappa shape index (κ2) is 11.3. The smallest absolute Gasteiger partial charge is 0.277 e. The third-order valence-electron chi connectivity index (χ3n) is 6.07. The van der Waals surface area contributed by atoms with Gasteiger partial charge in [0.05, 0.1) is 31.0 Å². The lowest BCUT2D eigenvalue weighted by Crippen LogP contribution is -2.18. The van der Waals surface area contributed by atoms with Gasteiger partial charge in [0.2, 0.25) is 0 Å². The van der Waals surface area contributed by atoms with Crippen LogP contribution in [0.5, 0.6) is 0 Å². The molecule has 0 spiro atoms. The van der Waals surface area contributed by atoms with Crippen molar-refractivity contribution in [1.82, 2.24) is 0 Å². The zero-order valence-corrected chi connectivity index (χ0v) is 24.6. The summed E-state index contributed by atoms with van der Waals surface area (Å²) < 4.78 is 57.8. The summed E-state index contributed by atoms with van der Waals surface area (Å²) in [5.41, 5.74) is 2.63. The molecule has 0 radical (unpaired) electrons. The van der Waals surface area contributed by atoms with Crippen LogP contribution in [0.4, 0.5) is 17.1 Å². The average molecular weight is 598 g/mol. The van der Waals surface area contributed by atoms with Crippen molar-refractivity contribution in [3.8, 4) is 0 Å². The summed E-state index contributed by atoms with van der Waals surface area (Å²) in [5.74, 6) is 0. The molecule has 0 amide bonds. The van der Waals surface area contributed by atoms with E-state index in [1.54, 1.807) is 31.2 Å². The monoisotopic (exact) mass is 597 g/mol. The van der Waals surface area contributed by atoms with Gasteiger partial charge in [0, 0.05) is 11.0 Å². The Morgan fingerprint density at radius 2 is 1.10 bits per heavy atom. The van der Waals surface area contributed by atoms with Gasteiger partial charge in [-0.3, -0.25) is 19.6 Å². The molecule has 0 saturated heterocycles. The summed E-state index contributed by atoms with van der Waals surface area (Å²) in [6, 6.07) is 20.1. The number of nitrogens with zero attached hydrogens (tertiary/aromatic N) is 1. The van der Waals surface area contributed by atoms with Crippen LogP contribution in [0.1, 0.15) is 22.3 Å². The molecule has 0 aliphatic carbocycles. The van der Waals surface area contributed by atoms with Gasteiger partial charge in [-0.15, -0.1) is 0 Å². The van der Waals surface area contributed by atoms with Gasteiger partial charge in [0.25, 0.3) is 25.7 Å². The Morgan fingerprint density at radius 1 is 0.675 bits per heavy atom. The van der Waals surface area contributed by atoms with Crippen LogP contribution in [-0.2, 0) is 20.0 Å². The van der Waals surface area contributed by atoms with Gasteiger partial charge in [-0.2, -0.15) is 0 Å². The summed E-state index contributed by atoms with van der Waals surface area (Å²) in [5, 5.41) is 12.1. The van der Waals surface area contributed by atoms with Crippen molar-refractivity contribution in [1.29, 1.82) is 0 Å². The van der Waals surface area contributed by atoms with Crippen LogP contribution >= 0.6 is 11.8 Å². The van der Waals surface area contributed by atoms with Gasteiger partial charge in [-0.1, -0.05) is 65.4 Å². The number of aryl methyl sites for hydroxylation is 4. The maximum absolute atomic E-state index is 13.3. The standard InChI is InChI=1S/C28H27N3O6S3/c1-18-8-12-22(13-9-18)39(34,35)29-24-16-26(31(32)33)27(38-28-20(3)6-5-7-21(28)4)17-25(24)30-40(36,37)23-14-10-19(2)11-15-23/h5-17,29-30H,1-4H3. The Hall–Kier alpha value is -3.87. The zero-order chi connectivity index (χ0) is 29.2. The number of anilines is 2. The lowest BCUT2D eigenvalue weighted by molar-refractivity contribution is -0.387. The third-order valence-corrected chi connectivity index (χ3v) is 10.2. The zero-order valence-electron chi connectivity index (χ0n) is 22.1. The van der Waals surface area contributed by atoms with E-state index in [-0.39, 0.29) is 31.7 Å². The molecule has 9 nitrogen and oxygen atoms in total. The van der Waals surface area contributed by atoms with E-state index in [1.807, 2.05) is 39.0 Å². The molecule has 0 fully saturated rings. The predicted molar refractivity (Wildman–Crippen MR) is 157 cm³/mol. The highest BCUT2D eigenvalue weighted by molar-refractivity contribution is 7.99. The first-order chi connectivity index (χ1) is 18.8. The van der Waals surface area contributed by atoms with Crippen LogP contribution in [0.25, 0.3) is 0 Å². The van der Waals surface area contributed by atoms with E-state index >= 15 is 0 Å². The topological polar surface area (TPSA) is 135 Å². The Bertz CT molecular complexity index is 1780. The molecule has 0 atom stereocenters. The second-order valence-electron chi connectivity index (χ2n) is 9.28. The largest absolute Gasteiger partial charge is 0.285 e. The minimum absolute atomic E-state index is 0.0484. The van der Waals surface area contributed by atoms with Gasteiger partial charge < -0.3 is 0 Å². The molecule has 0 unspecified atom stereocenters. The quantitative estimate of drug-likeness (QED) is 0.164. The van der Waals surface area contributed by atoms with Crippen molar-refractivity contribution < 1.29 is 21.8 Å². The minimum atomic E-state index is -4.22. The lowest BCUT2D eigenvalue weighted by Gasteiger charge is -2.17. The molecular formula is C28H27N3O6S3. The van der Waals surface area contributed by atoms with Crippen LogP contribution in [0.15, 0.2) is 98.4 Å². The molecule has 4 aromatic carbocycles.